The highest BCUT2D eigenvalue weighted by molar-refractivity contribution is 6.24. The predicted octanol–water partition coefficient (Wildman–Crippen LogP) is 34.9. The number of Topliss-reactive ketones (excluding diaryl/α,β-unsaturated/α-hetero) is 2. The predicted molar refractivity (Wildman–Crippen MR) is 588 cm³/mol. The van der Waals surface area contributed by atoms with Crippen molar-refractivity contribution in [3.8, 4) is 69.0 Å². The van der Waals surface area contributed by atoms with Crippen LogP contribution in [-0.2, 0) is 34.7 Å². The molecular weight excluding hydrogens is 1720 g/mol. The Balaban J connectivity index is 0.00000157. The summed E-state index contributed by atoms with van der Waals surface area (Å²) in [6, 6.07) is 3.57. The molecule has 0 aliphatic heterocycles. The molecule has 0 aromatic heterocycles. The van der Waals surface area contributed by atoms with E-state index in [4.69, 9.17) is 49.5 Å². The molecule has 1 aliphatic carbocycles. The number of alkyl halides is 1. The second-order valence-corrected chi connectivity index (χ2v) is 39.2. The molecule has 0 spiro atoms. The normalized spacial score (nSPS) is 12.4. The highest BCUT2D eigenvalue weighted by Crippen LogP contribution is 2.44. The van der Waals surface area contributed by atoms with Crippen molar-refractivity contribution in [2.75, 3.05) is 56.9 Å². The van der Waals surface area contributed by atoms with Gasteiger partial charge in [0.1, 0.15) is 69.0 Å². The molecule has 4 N–H and O–H groups in total. The van der Waals surface area contributed by atoms with Gasteiger partial charge in [-0.15, -0.1) is 11.6 Å². The molecule has 15 heteroatoms. The van der Waals surface area contributed by atoms with E-state index in [9.17, 15) is 30.0 Å². The average Bonchev–Trinajstić information content (AvgIpc) is 0.789. The molecular formula is C122H197ClO14. The van der Waals surface area contributed by atoms with Gasteiger partial charge in [0, 0.05) is 44.5 Å². The maximum absolute atomic E-state index is 12.3. The number of ether oxygens (including phenoxy) is 8. The van der Waals surface area contributed by atoms with E-state index >= 15 is 0 Å². The van der Waals surface area contributed by atoms with E-state index in [1.165, 1.54) is 223 Å². The molecule has 3 atom stereocenters. The van der Waals surface area contributed by atoms with Gasteiger partial charge in [0.2, 0.25) is 0 Å². The first-order valence-corrected chi connectivity index (χ1v) is 52.4. The summed E-state index contributed by atoms with van der Waals surface area (Å²) in [4.78, 5) is 24.4. The number of aromatic hydroxyl groups is 4. The molecule has 0 radical (unpaired) electrons. The zero-order valence-corrected chi connectivity index (χ0v) is 95.4. The maximum atomic E-state index is 12.3. The van der Waals surface area contributed by atoms with Crippen molar-refractivity contribution in [2.45, 2.75) is 433 Å². The first-order valence-electron chi connectivity index (χ1n) is 51.9. The molecule has 0 amide bonds. The summed E-state index contributed by atoms with van der Waals surface area (Å²) in [5, 5.41) is 39.2. The lowest BCUT2D eigenvalue weighted by Crippen LogP contribution is -2.21. The topological polar surface area (TPSA) is 189 Å². The summed E-state index contributed by atoms with van der Waals surface area (Å²) >= 11 is 5.93. The lowest BCUT2D eigenvalue weighted by molar-refractivity contribution is -0.116. The summed E-state index contributed by atoms with van der Waals surface area (Å²) in [6.07, 6.45) is 44.4. The quantitative estimate of drug-likeness (QED) is 0.00929. The Morgan fingerprint density at radius 2 is 0.650 bits per heavy atom. The number of carbonyl (C=O) groups excluding carboxylic acids is 2. The molecule has 0 saturated heterocycles. The first-order chi connectivity index (χ1) is 64.8. The maximum Gasteiger partial charge on any atom is 0.185 e. The van der Waals surface area contributed by atoms with Crippen LogP contribution in [0.3, 0.4) is 0 Å². The lowest BCUT2D eigenvalue weighted by atomic mass is 9.82. The third-order valence-corrected chi connectivity index (χ3v) is 29.0. The van der Waals surface area contributed by atoms with Crippen LogP contribution in [0.1, 0.15) is 406 Å². The van der Waals surface area contributed by atoms with Crippen LogP contribution in [0, 0.1) is 142 Å². The van der Waals surface area contributed by atoms with Crippen LogP contribution in [0.25, 0.3) is 0 Å². The van der Waals surface area contributed by atoms with Gasteiger partial charge in [-0.1, -0.05) is 214 Å². The Hall–Kier alpha value is -8.49. The van der Waals surface area contributed by atoms with Gasteiger partial charge >= 0.3 is 0 Å². The van der Waals surface area contributed by atoms with Gasteiger partial charge in [0.05, 0.1) is 62.8 Å². The number of halogens is 1. The molecule has 6 aromatic rings. The standard InChI is InChI=1S/C21H36O2.C21H34O2.C19H32O2.C19H30O2.C12H17ClO2.C11H16O2.C10H20.C9H12O2/c2*1-8-9-10-11-12-15(2)13-14-19-18(5)20(22-6)16(3)17(4)21(19)23-7;2*1-6-7-8-9-10-13(2)11-12-17-16(5)18(20)14(3)15(4)19(17)21;1-7-8(2)12(15-5)10(6-13)9(3)11(7)14-4;1-7-6-10(12-4)8(2)9(3)11(7)13-5;1-4-6-7-8-9-10(3)5-2;1-5-4-8(10)6(2)7(3)9(5)11/h15H,8-14H2,1-7H3;13H,8-12,14H2,1-7H3;13,20-21H,6-12H2,1-5H3;13H,6-12H2,1-5H3;6H2,1-5H3;6H,1-5H3;5H,4,6-9H2,1-3H3;4,10-11H,1-3H3/b;15-13+;;;;;10-5+;. The lowest BCUT2D eigenvalue weighted by Gasteiger charge is -2.21. The van der Waals surface area contributed by atoms with Gasteiger partial charge in [0.15, 0.2) is 11.6 Å². The van der Waals surface area contributed by atoms with Crippen LogP contribution in [0.15, 0.2) is 57.7 Å². The monoisotopic (exact) mass is 1920 g/mol. The smallest absolute Gasteiger partial charge is 0.185 e. The van der Waals surface area contributed by atoms with Crippen LogP contribution in [0.4, 0.5) is 0 Å². The number of aryl methyl sites for hydroxylation is 2. The minimum Gasteiger partial charge on any atom is -0.508 e. The number of benzene rings is 6. The number of allylic oxidation sites excluding steroid dienone is 8. The van der Waals surface area contributed by atoms with E-state index in [0.29, 0.717) is 51.5 Å². The number of ketones is 2. The summed E-state index contributed by atoms with van der Waals surface area (Å²) in [6.45, 7) is 66.0. The second kappa shape index (κ2) is 69.4. The number of rotatable bonds is 45. The van der Waals surface area contributed by atoms with Gasteiger partial charge in [-0.05, 0) is 367 Å². The van der Waals surface area contributed by atoms with Crippen LogP contribution in [0.2, 0.25) is 0 Å². The van der Waals surface area contributed by atoms with Crippen LogP contribution in [0.5, 0.6) is 69.0 Å². The number of methoxy groups -OCH3 is 8. The van der Waals surface area contributed by atoms with Crippen molar-refractivity contribution in [2.24, 2.45) is 17.8 Å². The second-order valence-electron chi connectivity index (χ2n) is 38.9. The van der Waals surface area contributed by atoms with Crippen molar-refractivity contribution in [1.82, 2.24) is 0 Å². The van der Waals surface area contributed by atoms with Crippen LogP contribution >= 0.6 is 11.6 Å². The minimum atomic E-state index is 0.0534. The molecule has 0 fully saturated rings. The average molecular weight is 1920 g/mol. The molecule has 14 nitrogen and oxygen atoms in total. The van der Waals surface area contributed by atoms with E-state index < -0.39 is 0 Å². The van der Waals surface area contributed by atoms with Crippen molar-refractivity contribution < 1.29 is 67.9 Å². The van der Waals surface area contributed by atoms with Crippen molar-refractivity contribution in [3.63, 3.8) is 0 Å². The Bertz CT molecular complexity index is 4720. The van der Waals surface area contributed by atoms with Crippen LogP contribution in [-0.4, -0.2) is 88.9 Å². The Labute approximate surface area is 842 Å². The minimum absolute atomic E-state index is 0.0534. The molecule has 3 unspecified atom stereocenters. The Morgan fingerprint density at radius 1 is 0.314 bits per heavy atom. The summed E-state index contributed by atoms with van der Waals surface area (Å²) in [7, 11) is 13.8. The van der Waals surface area contributed by atoms with Gasteiger partial charge in [-0.25, -0.2) is 0 Å². The molecule has 0 heterocycles. The molecule has 0 bridgehead atoms. The van der Waals surface area contributed by atoms with Crippen molar-refractivity contribution in [3.05, 3.63) is 180 Å². The van der Waals surface area contributed by atoms with E-state index in [-0.39, 0.29) is 23.1 Å². The van der Waals surface area contributed by atoms with E-state index in [1.807, 2.05) is 68.4 Å². The third-order valence-electron chi connectivity index (χ3n) is 28.7. The Morgan fingerprint density at radius 3 is 1.04 bits per heavy atom. The fourth-order valence-electron chi connectivity index (χ4n) is 18.0. The Kier molecular flexibility index (Phi) is 65.1. The number of carbonyl (C=O) groups is 2. The third kappa shape index (κ3) is 40.9. The number of unbranched alkanes of at least 4 members (excludes halogenated alkanes) is 15. The van der Waals surface area contributed by atoms with Gasteiger partial charge in [0.25, 0.3) is 0 Å². The highest BCUT2D eigenvalue weighted by atomic mass is 35.5. The SMILES string of the molecule is C/C=C(\C)CCCCCC.CCCCCC/C(C)=C/Cc1c(C)c(OC)c(C)c(C)c1OC.CCCCCCC(C)CCC1=C(C)C(=O)C(C)=C(C)C1=O.CCCCCCC(C)CCc1c(C)c(O)c(C)c(C)c1O.CCCCCCC(C)CCc1c(C)c(OC)c(C)c(C)c1OC.COc1c(C)c(C)c(OC)c(CCl)c1C.COc1cc(C)c(OC)c(C)c1C.Cc1cc(O)c(C)c(C)c1O. The summed E-state index contributed by atoms with van der Waals surface area (Å²) in [5.74, 6) is 11.6. The number of phenols is 4. The summed E-state index contributed by atoms with van der Waals surface area (Å²) in [5.41, 5.74) is 28.7. The van der Waals surface area contributed by atoms with Gasteiger partial charge < -0.3 is 58.3 Å². The van der Waals surface area contributed by atoms with Gasteiger partial charge in [-0.2, -0.15) is 0 Å². The number of hydrogen-bond acceptors (Lipinski definition) is 14. The zero-order chi connectivity index (χ0) is 105. The summed E-state index contributed by atoms with van der Waals surface area (Å²) < 4.78 is 44.0. The molecule has 137 heavy (non-hydrogen) atoms. The van der Waals surface area contributed by atoms with E-state index in [0.717, 1.165) is 168 Å². The molecule has 6 aromatic carbocycles. The zero-order valence-electron chi connectivity index (χ0n) is 94.6. The van der Waals surface area contributed by atoms with Crippen LogP contribution < -0.4 is 37.9 Å². The molecule has 1 aliphatic rings. The fraction of sp³-hybridized carbons (Fsp3) is 0.623. The molecule has 776 valence electrons. The fourth-order valence-corrected chi connectivity index (χ4v) is 18.3. The van der Waals surface area contributed by atoms with Crippen molar-refractivity contribution in [1.29, 1.82) is 0 Å². The van der Waals surface area contributed by atoms with E-state index in [2.05, 4.69) is 130 Å². The molecule has 7 rings (SSSR count). The largest absolute Gasteiger partial charge is 0.508 e. The molecule has 0 saturated carbocycles. The van der Waals surface area contributed by atoms with E-state index in [1.54, 1.807) is 104 Å². The number of phenolic OH excluding ortho intramolecular Hbond substituents is 4. The van der Waals surface area contributed by atoms with Crippen molar-refractivity contribution >= 4 is 23.2 Å². The van der Waals surface area contributed by atoms with Gasteiger partial charge in [-0.3, -0.25) is 9.59 Å². The first kappa shape index (κ1) is 129. The highest BCUT2D eigenvalue weighted by Gasteiger charge is 2.29. The number of hydrogen-bond donors (Lipinski definition) is 4.